The van der Waals surface area contributed by atoms with Gasteiger partial charge in [-0.25, -0.2) is 0 Å². The molecule has 3 rings (SSSR count). The van der Waals surface area contributed by atoms with Gasteiger partial charge >= 0.3 is 32.8 Å². The average Bonchev–Trinajstić information content (AvgIpc) is 3.57. The fourth-order valence-corrected chi connectivity index (χ4v) is 3.47. The van der Waals surface area contributed by atoms with Crippen LogP contribution in [0.15, 0.2) is 10.3 Å². The summed E-state index contributed by atoms with van der Waals surface area (Å²) in [7, 11) is 1.57. The highest BCUT2D eigenvalue weighted by Crippen LogP contribution is 2.26. The van der Waals surface area contributed by atoms with Crippen molar-refractivity contribution in [2.75, 3.05) is 75.4 Å². The molecule has 2 aromatic rings. The molecule has 0 N–H and O–H groups in total. The molecule has 0 spiro atoms. The van der Waals surface area contributed by atoms with Gasteiger partial charge in [0.2, 0.25) is 0 Å². The van der Waals surface area contributed by atoms with Crippen molar-refractivity contribution in [3.05, 3.63) is 11.6 Å². The second kappa shape index (κ2) is 16.0. The Balaban J connectivity index is 0.000000559. The number of likely N-dealkylation sites (N-methyl/N-ethyl adjacent to an activating group) is 1. The lowest BCUT2D eigenvalue weighted by Gasteiger charge is -2.27. The van der Waals surface area contributed by atoms with Crippen LogP contribution in [0.2, 0.25) is 0 Å². The number of methoxy groups -OCH3 is 2. The number of hydrogen-bond donors (Lipinski definition) is 0. The molecule has 1 saturated heterocycles. The van der Waals surface area contributed by atoms with Gasteiger partial charge in [0.25, 0.3) is 0 Å². The van der Waals surface area contributed by atoms with E-state index in [1.54, 1.807) is 14.2 Å². The van der Waals surface area contributed by atoms with Crippen LogP contribution in [0.3, 0.4) is 0 Å². The van der Waals surface area contributed by atoms with Crippen molar-refractivity contribution in [1.82, 2.24) is 30.4 Å². The Morgan fingerprint density at radius 3 is 1.33 bits per heavy atom. The van der Waals surface area contributed by atoms with Crippen LogP contribution in [0, 0.1) is 0 Å². The van der Waals surface area contributed by atoms with Crippen LogP contribution in [0.1, 0.15) is 24.5 Å². The van der Waals surface area contributed by atoms with E-state index in [1.807, 2.05) is 0 Å². The van der Waals surface area contributed by atoms with Crippen LogP contribution in [0.5, 0.6) is 0 Å². The molecule has 252 valence electrons. The third-order valence-electron chi connectivity index (χ3n) is 4.86. The summed E-state index contributed by atoms with van der Waals surface area (Å²) in [4.78, 5) is 4.69. The minimum absolute atomic E-state index is 0.851. The minimum atomic E-state index is -5.33. The number of ether oxygens (including phenoxy) is 2. The first-order chi connectivity index (χ1) is 19.2. The Bertz CT molecular complexity index is 1240. The molecule has 0 aliphatic carbocycles. The molecule has 14 nitrogen and oxygen atoms in total. The van der Waals surface area contributed by atoms with Crippen LogP contribution in [0.25, 0.3) is 0 Å². The van der Waals surface area contributed by atoms with Gasteiger partial charge in [0.05, 0.1) is 59.5 Å². The lowest BCUT2D eigenvalue weighted by Crippen LogP contribution is -2.42. The number of rotatable bonds is 7. The molecule has 0 atom stereocenters. The maximum Gasteiger partial charge on any atom is 0.421 e. The molecule has 0 saturated carbocycles. The largest absolute Gasteiger partial charge is 0.421 e. The maximum atomic E-state index is 12.0. The van der Waals surface area contributed by atoms with Crippen molar-refractivity contribution in [1.29, 1.82) is 0 Å². The molecule has 0 bridgehead atoms. The van der Waals surface area contributed by atoms with Gasteiger partial charge in [-0.2, -0.15) is 43.2 Å². The van der Waals surface area contributed by atoms with E-state index < -0.39 is 54.8 Å². The average molecular weight is 685 g/mol. The number of aromatic nitrogens is 6. The number of halogens is 8. The molecule has 1 aliphatic heterocycles. The second-order valence-corrected chi connectivity index (χ2v) is 12.4. The van der Waals surface area contributed by atoms with E-state index in [1.165, 1.54) is 25.9 Å². The predicted octanol–water partition coefficient (Wildman–Crippen LogP) is 1.39. The fraction of sp³-hybridized carbons (Fsp3) is 0.789. The Morgan fingerprint density at radius 1 is 0.767 bits per heavy atom. The van der Waals surface area contributed by atoms with Gasteiger partial charge in [-0.1, -0.05) is 7.77 Å². The van der Waals surface area contributed by atoms with Crippen LogP contribution in [0.4, 0.5) is 34.1 Å². The van der Waals surface area contributed by atoms with Gasteiger partial charge in [-0.3, -0.25) is 0 Å². The molecule has 43 heavy (non-hydrogen) atoms. The van der Waals surface area contributed by atoms with Crippen molar-refractivity contribution in [3.8, 4) is 0 Å². The van der Waals surface area contributed by atoms with Crippen LogP contribution >= 0.6 is 0 Å². The standard InChI is InChI=1S/C7H16NO.C6H16NO.2C3F4N3O2S/c1-8(7-9-2)5-3-4-6-8;1-7(2,3)5-6-8-4;2*4-3(5,6)1-8-2(10-9-1)13(7,11)12/h3-7H2,1-2H3;5-6H2,1-4H3;;/q2*+1;2*-1. The molecule has 1 fully saturated rings. The zero-order chi connectivity index (χ0) is 33.9. The van der Waals surface area contributed by atoms with Crippen LogP contribution in [-0.4, -0.2) is 122 Å². The van der Waals surface area contributed by atoms with Crippen molar-refractivity contribution >= 4 is 20.4 Å². The summed E-state index contributed by atoms with van der Waals surface area (Å²) in [5.41, 5.74) is 0. The van der Waals surface area contributed by atoms with Crippen LogP contribution < -0.4 is 9.97 Å². The summed E-state index contributed by atoms with van der Waals surface area (Å²) in [5.74, 6) is -3.58. The van der Waals surface area contributed by atoms with Gasteiger partial charge in [0, 0.05) is 27.1 Å². The molecular weight excluding hydrogens is 652 g/mol. The topological polar surface area (TPSA) is 166 Å². The Kier molecular flexibility index (Phi) is 15.0. The Morgan fingerprint density at radius 2 is 1.14 bits per heavy atom. The molecule has 0 unspecified atom stereocenters. The van der Waals surface area contributed by atoms with E-state index in [4.69, 9.17) is 9.47 Å². The highest BCUT2D eigenvalue weighted by molar-refractivity contribution is 7.86. The lowest BCUT2D eigenvalue weighted by atomic mass is 10.4. The molecule has 0 aromatic carbocycles. The summed E-state index contributed by atoms with van der Waals surface area (Å²) in [6, 6.07) is 0. The normalized spacial score (nSPS) is 15.4. The van der Waals surface area contributed by atoms with E-state index in [-0.39, 0.29) is 0 Å². The SMILES string of the molecule is COCC[N+](C)(C)C.COC[N+]1(C)CCCC1.O=S(=O)(F)c1nnc(C(F)(F)F)[n-]1.O=S(=O)(F)c1nnc(C(F)(F)F)[n-]1. The third-order valence-corrected chi connectivity index (χ3v) is 6.08. The molecule has 3 heterocycles. The van der Waals surface area contributed by atoms with Crippen LogP contribution in [-0.2, 0) is 42.3 Å². The summed E-state index contributed by atoms with van der Waals surface area (Å²) in [6.45, 7) is 5.42. The zero-order valence-corrected chi connectivity index (χ0v) is 25.5. The summed E-state index contributed by atoms with van der Waals surface area (Å²) in [6.07, 6.45) is -7.12. The maximum absolute atomic E-state index is 12.0. The first kappa shape index (κ1) is 40.5. The molecule has 0 amide bonds. The highest BCUT2D eigenvalue weighted by atomic mass is 32.3. The molecule has 0 radical (unpaired) electrons. The van der Waals surface area contributed by atoms with E-state index in [2.05, 4.69) is 58.6 Å². The van der Waals surface area contributed by atoms with Crippen molar-refractivity contribution in [3.63, 3.8) is 0 Å². The fourth-order valence-electron chi connectivity index (χ4n) is 2.80. The molecular formula is C19H32F8N8O6S2. The minimum Gasteiger partial charge on any atom is -0.379 e. The van der Waals surface area contributed by atoms with E-state index in [0.717, 1.165) is 28.8 Å². The monoisotopic (exact) mass is 684 g/mol. The van der Waals surface area contributed by atoms with Gasteiger partial charge in [0.15, 0.2) is 6.73 Å². The van der Waals surface area contributed by atoms with Gasteiger partial charge < -0.3 is 48.8 Å². The third kappa shape index (κ3) is 16.8. The Hall–Kier alpha value is -2.54. The second-order valence-electron chi connectivity index (χ2n) is 9.91. The van der Waals surface area contributed by atoms with Gasteiger partial charge in [-0.15, -0.1) is 0 Å². The van der Waals surface area contributed by atoms with Gasteiger partial charge in [0.1, 0.15) is 16.9 Å². The number of likely N-dealkylation sites (tertiary alicyclic amines) is 1. The smallest absolute Gasteiger partial charge is 0.379 e. The van der Waals surface area contributed by atoms with E-state index in [0.29, 0.717) is 0 Å². The highest BCUT2D eigenvalue weighted by Gasteiger charge is 2.31. The molecule has 2 aromatic heterocycles. The van der Waals surface area contributed by atoms with E-state index in [9.17, 15) is 50.9 Å². The number of nitrogens with zero attached hydrogens (tertiary/aromatic N) is 8. The van der Waals surface area contributed by atoms with Crippen molar-refractivity contribution < 1.29 is 69.4 Å². The first-order valence-corrected chi connectivity index (χ1v) is 14.4. The summed E-state index contributed by atoms with van der Waals surface area (Å²) < 4.78 is 146. The van der Waals surface area contributed by atoms with Crippen molar-refractivity contribution in [2.45, 2.75) is 35.5 Å². The lowest BCUT2D eigenvalue weighted by molar-refractivity contribution is -0.916. The molecule has 1 aliphatic rings. The predicted molar refractivity (Wildman–Crippen MR) is 129 cm³/mol. The van der Waals surface area contributed by atoms with Crippen molar-refractivity contribution in [2.24, 2.45) is 0 Å². The molecule has 24 heteroatoms. The quantitative estimate of drug-likeness (QED) is 0.234. The Labute approximate surface area is 243 Å². The zero-order valence-electron chi connectivity index (χ0n) is 23.8. The van der Waals surface area contributed by atoms with E-state index >= 15 is 0 Å². The number of hydrogen-bond acceptors (Lipinski definition) is 10. The number of alkyl halides is 6. The first-order valence-electron chi connectivity index (χ1n) is 11.7. The summed E-state index contributed by atoms with van der Waals surface area (Å²) in [5, 5.41) is 6.35. The number of quaternary nitrogens is 2. The van der Waals surface area contributed by atoms with Gasteiger partial charge in [-0.05, 0) is 0 Å². The summed E-state index contributed by atoms with van der Waals surface area (Å²) >= 11 is 0.